The second-order valence-electron chi connectivity index (χ2n) is 7.24. The first-order valence-electron chi connectivity index (χ1n) is 10.0. The molecule has 2 aromatic carbocycles. The number of aromatic nitrogens is 2. The number of hydrazone groups is 1. The Labute approximate surface area is 184 Å². The van der Waals surface area contributed by atoms with E-state index in [0.29, 0.717) is 34.7 Å². The average molecular weight is 434 g/mol. The number of carbonyl (C=O) groups excluding carboxylic acids is 1. The fourth-order valence-corrected chi connectivity index (χ4v) is 3.79. The second-order valence-corrected chi connectivity index (χ2v) is 7.24. The number of benzene rings is 2. The number of hydrogen-bond donors (Lipinski definition) is 1. The van der Waals surface area contributed by atoms with Crippen LogP contribution in [0.1, 0.15) is 36.4 Å². The van der Waals surface area contributed by atoms with Gasteiger partial charge in [0.25, 0.3) is 0 Å². The Morgan fingerprint density at radius 1 is 1.06 bits per heavy atom. The number of carbonyl (C=O) groups is 2. The SMILES string of the molecule is COc1ccc(C2=NN(C(=O)CCC(=O)O)[C@H](c3cccc4nccnc34)C2)cc1OC. The zero-order chi connectivity index (χ0) is 22.7. The zero-order valence-corrected chi connectivity index (χ0v) is 17.7. The van der Waals surface area contributed by atoms with Gasteiger partial charge in [-0.3, -0.25) is 19.6 Å². The summed E-state index contributed by atoms with van der Waals surface area (Å²) in [6.45, 7) is 0. The van der Waals surface area contributed by atoms with Gasteiger partial charge in [0.15, 0.2) is 11.5 Å². The van der Waals surface area contributed by atoms with E-state index < -0.39 is 12.0 Å². The van der Waals surface area contributed by atoms with Gasteiger partial charge < -0.3 is 14.6 Å². The number of nitrogens with zero attached hydrogens (tertiary/aromatic N) is 4. The molecule has 0 saturated heterocycles. The van der Waals surface area contributed by atoms with Gasteiger partial charge in [-0.1, -0.05) is 12.1 Å². The molecule has 0 aliphatic carbocycles. The molecule has 1 amide bonds. The van der Waals surface area contributed by atoms with Crippen molar-refractivity contribution in [2.75, 3.05) is 14.2 Å². The number of aliphatic carboxylic acids is 1. The zero-order valence-electron chi connectivity index (χ0n) is 17.7. The van der Waals surface area contributed by atoms with Gasteiger partial charge in [-0.05, 0) is 24.3 Å². The molecule has 1 aliphatic heterocycles. The Morgan fingerprint density at radius 2 is 1.84 bits per heavy atom. The summed E-state index contributed by atoms with van der Waals surface area (Å²) in [5.74, 6) is -0.260. The number of carboxylic acids is 1. The third-order valence-electron chi connectivity index (χ3n) is 5.32. The maximum absolute atomic E-state index is 12.9. The van der Waals surface area contributed by atoms with Crippen LogP contribution in [0.25, 0.3) is 11.0 Å². The van der Waals surface area contributed by atoms with Crippen molar-refractivity contribution in [3.63, 3.8) is 0 Å². The number of methoxy groups -OCH3 is 2. The lowest BCUT2D eigenvalue weighted by Crippen LogP contribution is -2.27. The van der Waals surface area contributed by atoms with Gasteiger partial charge in [0.2, 0.25) is 5.91 Å². The van der Waals surface area contributed by atoms with E-state index in [9.17, 15) is 9.59 Å². The standard InChI is InChI=1S/C23H22N4O5/c1-31-19-7-6-14(12-20(19)32-2)17-13-18(27(26-17)21(28)8-9-22(29)30)15-4-3-5-16-23(15)25-11-10-24-16/h3-7,10-12,18H,8-9,13H2,1-2H3,(H,29,30)/t18-/m0/s1. The van der Waals surface area contributed by atoms with Crippen molar-refractivity contribution in [1.29, 1.82) is 0 Å². The maximum Gasteiger partial charge on any atom is 0.303 e. The molecule has 0 spiro atoms. The van der Waals surface area contributed by atoms with Crippen molar-refractivity contribution >= 4 is 28.6 Å². The summed E-state index contributed by atoms with van der Waals surface area (Å²) in [6, 6.07) is 10.6. The molecule has 4 rings (SSSR count). The number of ether oxygens (including phenoxy) is 2. The number of amides is 1. The fraction of sp³-hybridized carbons (Fsp3) is 0.261. The van der Waals surface area contributed by atoms with Crippen molar-refractivity contribution in [3.05, 3.63) is 59.9 Å². The normalized spacial score (nSPS) is 15.5. The smallest absolute Gasteiger partial charge is 0.303 e. The van der Waals surface area contributed by atoms with Crippen LogP contribution >= 0.6 is 0 Å². The van der Waals surface area contributed by atoms with E-state index in [1.165, 1.54) is 5.01 Å². The van der Waals surface area contributed by atoms with Crippen LogP contribution in [-0.2, 0) is 9.59 Å². The quantitative estimate of drug-likeness (QED) is 0.607. The van der Waals surface area contributed by atoms with Crippen LogP contribution in [0.15, 0.2) is 53.9 Å². The largest absolute Gasteiger partial charge is 0.493 e. The minimum absolute atomic E-state index is 0.148. The van der Waals surface area contributed by atoms with Gasteiger partial charge in [0.1, 0.15) is 0 Å². The molecule has 164 valence electrons. The van der Waals surface area contributed by atoms with Gasteiger partial charge in [0, 0.05) is 36.4 Å². The number of rotatable bonds is 7. The number of para-hydroxylation sites is 1. The number of fused-ring (bicyclic) bond motifs is 1. The van der Waals surface area contributed by atoms with E-state index in [1.54, 1.807) is 32.7 Å². The predicted molar refractivity (Wildman–Crippen MR) is 117 cm³/mol. The molecule has 1 atom stereocenters. The van der Waals surface area contributed by atoms with Gasteiger partial charge in [0.05, 0.1) is 43.4 Å². The number of carboxylic acid groups (broad SMARTS) is 1. The molecular formula is C23H22N4O5. The molecule has 1 N–H and O–H groups in total. The third-order valence-corrected chi connectivity index (χ3v) is 5.32. The Balaban J connectivity index is 1.75. The highest BCUT2D eigenvalue weighted by atomic mass is 16.5. The second kappa shape index (κ2) is 9.01. The molecule has 0 fully saturated rings. The molecule has 9 heteroatoms. The third kappa shape index (κ3) is 4.09. The molecule has 3 aromatic rings. The van der Waals surface area contributed by atoms with Crippen molar-refractivity contribution in [3.8, 4) is 11.5 Å². The first-order chi connectivity index (χ1) is 15.5. The predicted octanol–water partition coefficient (Wildman–Crippen LogP) is 3.19. The van der Waals surface area contributed by atoms with E-state index in [4.69, 9.17) is 14.6 Å². The van der Waals surface area contributed by atoms with E-state index in [1.807, 2.05) is 30.3 Å². The Morgan fingerprint density at radius 3 is 2.59 bits per heavy atom. The molecule has 32 heavy (non-hydrogen) atoms. The summed E-state index contributed by atoms with van der Waals surface area (Å²) in [7, 11) is 3.11. The summed E-state index contributed by atoms with van der Waals surface area (Å²) in [6.07, 6.45) is 3.24. The molecule has 0 bridgehead atoms. The molecule has 1 aliphatic rings. The molecule has 0 saturated carbocycles. The molecular weight excluding hydrogens is 412 g/mol. The van der Waals surface area contributed by atoms with E-state index in [0.717, 1.165) is 11.1 Å². The maximum atomic E-state index is 12.9. The molecule has 0 unspecified atom stereocenters. The van der Waals surface area contributed by atoms with Crippen LogP contribution in [0.2, 0.25) is 0 Å². The molecule has 1 aromatic heterocycles. The minimum Gasteiger partial charge on any atom is -0.493 e. The Hall–Kier alpha value is -4.01. The summed E-state index contributed by atoms with van der Waals surface area (Å²) in [5.41, 5.74) is 3.66. The van der Waals surface area contributed by atoms with Crippen LogP contribution in [-0.4, -0.2) is 51.9 Å². The lowest BCUT2D eigenvalue weighted by atomic mass is 9.96. The topological polar surface area (TPSA) is 114 Å². The number of hydrogen-bond acceptors (Lipinski definition) is 7. The van der Waals surface area contributed by atoms with E-state index >= 15 is 0 Å². The summed E-state index contributed by atoms with van der Waals surface area (Å²) in [5, 5.41) is 15.0. The van der Waals surface area contributed by atoms with E-state index in [-0.39, 0.29) is 18.7 Å². The monoisotopic (exact) mass is 434 g/mol. The highest BCUT2D eigenvalue weighted by Gasteiger charge is 2.34. The van der Waals surface area contributed by atoms with Crippen molar-refractivity contribution in [2.45, 2.75) is 25.3 Å². The van der Waals surface area contributed by atoms with Crippen LogP contribution < -0.4 is 9.47 Å². The van der Waals surface area contributed by atoms with Crippen LogP contribution in [0.4, 0.5) is 0 Å². The summed E-state index contributed by atoms with van der Waals surface area (Å²) in [4.78, 5) is 32.8. The Bertz CT molecular complexity index is 1200. The highest BCUT2D eigenvalue weighted by Crippen LogP contribution is 2.37. The van der Waals surface area contributed by atoms with Crippen LogP contribution in [0.3, 0.4) is 0 Å². The molecule has 9 nitrogen and oxygen atoms in total. The first-order valence-corrected chi connectivity index (χ1v) is 10.0. The van der Waals surface area contributed by atoms with Gasteiger partial charge >= 0.3 is 5.97 Å². The van der Waals surface area contributed by atoms with Gasteiger partial charge in [-0.25, -0.2) is 5.01 Å². The molecule has 0 radical (unpaired) electrons. The van der Waals surface area contributed by atoms with Crippen molar-refractivity contribution in [2.24, 2.45) is 5.10 Å². The van der Waals surface area contributed by atoms with Crippen molar-refractivity contribution in [1.82, 2.24) is 15.0 Å². The van der Waals surface area contributed by atoms with Gasteiger partial charge in [-0.15, -0.1) is 0 Å². The minimum atomic E-state index is -1.03. The fourth-order valence-electron chi connectivity index (χ4n) is 3.79. The summed E-state index contributed by atoms with van der Waals surface area (Å²) >= 11 is 0. The highest BCUT2D eigenvalue weighted by molar-refractivity contribution is 6.04. The lowest BCUT2D eigenvalue weighted by molar-refractivity contribution is -0.141. The summed E-state index contributed by atoms with van der Waals surface area (Å²) < 4.78 is 10.7. The van der Waals surface area contributed by atoms with Gasteiger partial charge in [-0.2, -0.15) is 5.10 Å². The average Bonchev–Trinajstić information content (AvgIpc) is 3.27. The van der Waals surface area contributed by atoms with Crippen LogP contribution in [0, 0.1) is 0 Å². The van der Waals surface area contributed by atoms with Crippen molar-refractivity contribution < 1.29 is 24.2 Å². The van der Waals surface area contributed by atoms with E-state index in [2.05, 4.69) is 15.1 Å². The van der Waals surface area contributed by atoms with Crippen LogP contribution in [0.5, 0.6) is 11.5 Å². The molecule has 2 heterocycles. The lowest BCUT2D eigenvalue weighted by Gasteiger charge is -2.22. The first kappa shape index (κ1) is 21.2. The Kier molecular flexibility index (Phi) is 5.98.